The van der Waals surface area contributed by atoms with E-state index in [1.54, 1.807) is 26.8 Å². The first-order valence-corrected chi connectivity index (χ1v) is 11.4. The van der Waals surface area contributed by atoms with E-state index in [4.69, 9.17) is 4.74 Å². The number of aryl methyl sites for hydroxylation is 1. The van der Waals surface area contributed by atoms with Crippen molar-refractivity contribution in [2.45, 2.75) is 38.8 Å². The molecule has 0 fully saturated rings. The van der Waals surface area contributed by atoms with Crippen molar-refractivity contribution in [3.63, 3.8) is 0 Å². The average Bonchev–Trinajstić information content (AvgIpc) is 3.08. The van der Waals surface area contributed by atoms with Gasteiger partial charge in [-0.05, 0) is 30.7 Å². The number of pyridine rings is 2. The first-order valence-electron chi connectivity index (χ1n) is 9.96. The van der Waals surface area contributed by atoms with E-state index < -0.39 is 45.1 Å². The minimum absolute atomic E-state index is 0.235. The third kappa shape index (κ3) is 4.58. The van der Waals surface area contributed by atoms with E-state index >= 15 is 4.39 Å². The highest BCUT2D eigenvalue weighted by atomic mass is 32.2. The smallest absolute Gasteiger partial charge is 0.407 e. The Labute approximate surface area is 190 Å². The van der Waals surface area contributed by atoms with E-state index in [1.807, 2.05) is 0 Å². The monoisotopic (exact) mass is 478 g/mol. The van der Waals surface area contributed by atoms with Gasteiger partial charge < -0.3 is 10.1 Å². The van der Waals surface area contributed by atoms with Crippen molar-refractivity contribution in [2.75, 3.05) is 7.05 Å². The first-order chi connectivity index (χ1) is 15.4. The number of alkyl carbamates (subject to hydrolysis) is 1. The van der Waals surface area contributed by atoms with Crippen molar-refractivity contribution in [2.24, 2.45) is 5.41 Å². The maximum atomic E-state index is 15.9. The molecule has 1 amide bonds. The van der Waals surface area contributed by atoms with Crippen LogP contribution in [0.1, 0.15) is 38.0 Å². The van der Waals surface area contributed by atoms with Gasteiger partial charge in [-0.1, -0.05) is 26.8 Å². The summed E-state index contributed by atoms with van der Waals surface area (Å²) in [5.41, 5.74) is -1.70. The molecule has 0 aromatic carbocycles. The molecule has 1 unspecified atom stereocenters. The second-order valence-corrected chi connectivity index (χ2v) is 10.1. The van der Waals surface area contributed by atoms with Crippen molar-refractivity contribution in [1.29, 1.82) is 0 Å². The number of nitrogens with zero attached hydrogens (tertiary/aromatic N) is 3. The van der Waals surface area contributed by atoms with E-state index in [1.165, 1.54) is 38.4 Å². The van der Waals surface area contributed by atoms with Gasteiger partial charge in [0.1, 0.15) is 11.8 Å². The summed E-state index contributed by atoms with van der Waals surface area (Å²) >= 11 is 0. The standard InChI is InChI=1S/C22H24F2N4O4S/c1-13-8-6-11-27-20(13)33(30,31)28-12-15(18(22(2,3)4)32-21(29)25-5)16(23)17(28)14-9-7-10-26-19(14)24/h6-12,18H,1-5H3,(H,25,29). The van der Waals surface area contributed by atoms with Gasteiger partial charge in [-0.25, -0.2) is 23.1 Å². The van der Waals surface area contributed by atoms with Gasteiger partial charge in [-0.15, -0.1) is 0 Å². The summed E-state index contributed by atoms with van der Waals surface area (Å²) in [4.78, 5) is 19.4. The van der Waals surface area contributed by atoms with E-state index in [0.29, 0.717) is 9.54 Å². The van der Waals surface area contributed by atoms with Crippen LogP contribution in [0.25, 0.3) is 11.3 Å². The van der Waals surface area contributed by atoms with Gasteiger partial charge in [-0.3, -0.25) is 0 Å². The minimum Gasteiger partial charge on any atom is -0.441 e. The van der Waals surface area contributed by atoms with Crippen LogP contribution in [0.3, 0.4) is 0 Å². The number of halogens is 2. The Balaban J connectivity index is 2.37. The molecule has 3 aromatic rings. The fourth-order valence-electron chi connectivity index (χ4n) is 3.36. The molecule has 11 heteroatoms. The fraction of sp³-hybridized carbons (Fsp3) is 0.318. The lowest BCUT2D eigenvalue weighted by atomic mass is 9.85. The number of hydrogen-bond acceptors (Lipinski definition) is 6. The number of nitrogens with one attached hydrogen (secondary N) is 1. The van der Waals surface area contributed by atoms with Gasteiger partial charge in [0.05, 0.1) is 5.56 Å². The van der Waals surface area contributed by atoms with Gasteiger partial charge in [-0.2, -0.15) is 12.8 Å². The molecule has 0 saturated carbocycles. The molecule has 3 heterocycles. The molecule has 33 heavy (non-hydrogen) atoms. The Bertz CT molecular complexity index is 1300. The van der Waals surface area contributed by atoms with Crippen LogP contribution in [0.4, 0.5) is 13.6 Å². The first kappa shape index (κ1) is 24.3. The van der Waals surface area contributed by atoms with Crippen LogP contribution in [0, 0.1) is 24.1 Å². The molecule has 1 N–H and O–H groups in total. The summed E-state index contributed by atoms with van der Waals surface area (Å²) < 4.78 is 63.6. The molecule has 176 valence electrons. The van der Waals surface area contributed by atoms with Crippen LogP contribution >= 0.6 is 0 Å². The highest BCUT2D eigenvalue weighted by molar-refractivity contribution is 7.90. The van der Waals surface area contributed by atoms with Gasteiger partial charge >= 0.3 is 6.09 Å². The van der Waals surface area contributed by atoms with Crippen LogP contribution in [0.5, 0.6) is 0 Å². The third-order valence-electron chi connectivity index (χ3n) is 4.92. The van der Waals surface area contributed by atoms with E-state index in [-0.39, 0.29) is 16.2 Å². The Kier molecular flexibility index (Phi) is 6.55. The largest absolute Gasteiger partial charge is 0.441 e. The molecule has 8 nitrogen and oxygen atoms in total. The predicted molar refractivity (Wildman–Crippen MR) is 117 cm³/mol. The van der Waals surface area contributed by atoms with Crippen LogP contribution in [-0.4, -0.2) is 35.5 Å². The summed E-state index contributed by atoms with van der Waals surface area (Å²) in [6.07, 6.45) is 1.42. The molecule has 0 radical (unpaired) electrons. The Morgan fingerprint density at radius 3 is 2.36 bits per heavy atom. The van der Waals surface area contributed by atoms with Gasteiger partial charge in [0, 0.05) is 36.6 Å². The summed E-state index contributed by atoms with van der Waals surface area (Å²) in [6.45, 7) is 6.62. The van der Waals surface area contributed by atoms with Crippen LogP contribution in [-0.2, 0) is 14.8 Å². The third-order valence-corrected chi connectivity index (χ3v) is 6.64. The van der Waals surface area contributed by atoms with Crippen LogP contribution < -0.4 is 5.32 Å². The van der Waals surface area contributed by atoms with Crippen LogP contribution in [0.15, 0.2) is 47.9 Å². The van der Waals surface area contributed by atoms with Crippen molar-refractivity contribution < 1.29 is 26.7 Å². The number of hydrogen-bond donors (Lipinski definition) is 1. The lowest BCUT2D eigenvalue weighted by Gasteiger charge is -2.29. The molecule has 3 aromatic heterocycles. The lowest BCUT2D eigenvalue weighted by molar-refractivity contribution is 0.0294. The second-order valence-electron chi connectivity index (χ2n) is 8.42. The molecule has 0 bridgehead atoms. The molecular weight excluding hydrogens is 454 g/mol. The molecule has 0 aliphatic heterocycles. The Morgan fingerprint density at radius 2 is 1.79 bits per heavy atom. The Morgan fingerprint density at radius 1 is 1.15 bits per heavy atom. The predicted octanol–water partition coefficient (Wildman–Crippen LogP) is 4.21. The summed E-state index contributed by atoms with van der Waals surface area (Å²) in [7, 11) is -3.12. The molecule has 0 aliphatic rings. The summed E-state index contributed by atoms with van der Waals surface area (Å²) in [5, 5.41) is 1.97. The van der Waals surface area contributed by atoms with Gasteiger partial charge in [0.2, 0.25) is 5.95 Å². The maximum absolute atomic E-state index is 15.9. The van der Waals surface area contributed by atoms with Gasteiger partial charge in [0.25, 0.3) is 10.0 Å². The zero-order valence-corrected chi connectivity index (χ0v) is 19.6. The lowest BCUT2D eigenvalue weighted by Crippen LogP contribution is -2.29. The Hall–Kier alpha value is -3.34. The van der Waals surface area contributed by atoms with E-state index in [2.05, 4.69) is 15.3 Å². The second kappa shape index (κ2) is 8.89. The van der Waals surface area contributed by atoms with E-state index in [9.17, 15) is 17.6 Å². The normalized spacial score (nSPS) is 12.9. The highest BCUT2D eigenvalue weighted by Crippen LogP contribution is 2.42. The fourth-order valence-corrected chi connectivity index (χ4v) is 4.89. The number of rotatable bonds is 5. The number of carbonyl (C=O) groups is 1. The molecule has 1 atom stereocenters. The summed E-state index contributed by atoms with van der Waals surface area (Å²) in [5.74, 6) is -2.11. The number of ether oxygens (including phenoxy) is 1. The van der Waals surface area contributed by atoms with E-state index in [0.717, 1.165) is 12.4 Å². The zero-order chi connectivity index (χ0) is 24.6. The van der Waals surface area contributed by atoms with Crippen molar-refractivity contribution >= 4 is 16.1 Å². The number of carbonyl (C=O) groups excluding carboxylic acids is 1. The minimum atomic E-state index is -4.46. The topological polar surface area (TPSA) is 103 Å². The quantitative estimate of drug-likeness (QED) is 0.551. The number of aromatic nitrogens is 3. The average molecular weight is 479 g/mol. The molecule has 0 spiro atoms. The van der Waals surface area contributed by atoms with Gasteiger partial charge in [0.15, 0.2) is 10.8 Å². The van der Waals surface area contributed by atoms with Crippen molar-refractivity contribution in [3.8, 4) is 11.3 Å². The molecule has 0 saturated heterocycles. The maximum Gasteiger partial charge on any atom is 0.407 e. The molecule has 3 rings (SSSR count). The molecular formula is C22H24F2N4O4S. The number of amides is 1. The summed E-state index contributed by atoms with van der Waals surface area (Å²) in [6, 6.07) is 5.67. The highest BCUT2D eigenvalue weighted by Gasteiger charge is 2.38. The zero-order valence-electron chi connectivity index (χ0n) is 18.8. The SMILES string of the molecule is CNC(=O)OC(c1cn(S(=O)(=O)c2ncccc2C)c(-c2cccnc2F)c1F)C(C)(C)C. The van der Waals surface area contributed by atoms with Crippen LogP contribution in [0.2, 0.25) is 0 Å². The molecule has 0 aliphatic carbocycles. The van der Waals surface area contributed by atoms with Crippen molar-refractivity contribution in [3.05, 3.63) is 65.7 Å². The van der Waals surface area contributed by atoms with Crippen molar-refractivity contribution in [1.82, 2.24) is 19.3 Å².